The van der Waals surface area contributed by atoms with Gasteiger partial charge in [-0.05, 0) is 49.6 Å². The predicted octanol–water partition coefficient (Wildman–Crippen LogP) is 3.16. The highest BCUT2D eigenvalue weighted by atomic mass is 32.2. The topological polar surface area (TPSA) is 97.2 Å². The van der Waals surface area contributed by atoms with E-state index in [9.17, 15) is 17.6 Å². The molecular weight excluding hydrogens is 421 g/mol. The summed E-state index contributed by atoms with van der Waals surface area (Å²) in [7, 11) is -3.53. The highest BCUT2D eigenvalue weighted by molar-refractivity contribution is 7.89. The van der Waals surface area contributed by atoms with E-state index in [0.717, 1.165) is 19.3 Å². The van der Waals surface area contributed by atoms with Crippen LogP contribution in [0.1, 0.15) is 32.1 Å². The smallest absolute Gasteiger partial charge is 0.243 e. The molecule has 1 N–H and O–H groups in total. The van der Waals surface area contributed by atoms with Crippen molar-refractivity contribution in [2.75, 3.05) is 18.4 Å². The van der Waals surface area contributed by atoms with Crippen molar-refractivity contribution in [1.29, 1.82) is 0 Å². The maximum atomic E-state index is 13.6. The van der Waals surface area contributed by atoms with E-state index in [1.54, 1.807) is 35.0 Å². The number of rotatable bonds is 7. The first-order valence-electron chi connectivity index (χ1n) is 10.3. The first kappa shape index (κ1) is 21.4. The van der Waals surface area contributed by atoms with Crippen LogP contribution in [0, 0.1) is 5.82 Å². The lowest BCUT2D eigenvalue weighted by Gasteiger charge is -2.25. The molecule has 164 valence electrons. The number of aryl methyl sites for hydroxylation is 1. The minimum atomic E-state index is -3.53. The van der Waals surface area contributed by atoms with Crippen molar-refractivity contribution in [3.05, 3.63) is 48.3 Å². The molecule has 3 aromatic rings. The summed E-state index contributed by atoms with van der Waals surface area (Å²) in [4.78, 5) is 12.3. The van der Waals surface area contributed by atoms with Crippen LogP contribution in [-0.2, 0) is 21.4 Å². The largest absolute Gasteiger partial charge is 0.324 e. The number of anilines is 1. The van der Waals surface area contributed by atoms with E-state index >= 15 is 0 Å². The van der Waals surface area contributed by atoms with Gasteiger partial charge in [-0.2, -0.15) is 4.31 Å². The Labute approximate surface area is 180 Å². The number of fused-ring (bicyclic) bond motifs is 1. The van der Waals surface area contributed by atoms with Gasteiger partial charge in [0.1, 0.15) is 11.3 Å². The number of piperidine rings is 1. The van der Waals surface area contributed by atoms with Crippen molar-refractivity contribution in [2.45, 2.75) is 43.5 Å². The highest BCUT2D eigenvalue weighted by Gasteiger charge is 2.26. The fourth-order valence-corrected chi connectivity index (χ4v) is 5.23. The molecule has 4 rings (SSSR count). The second-order valence-corrected chi connectivity index (χ2v) is 9.50. The van der Waals surface area contributed by atoms with E-state index < -0.39 is 15.8 Å². The van der Waals surface area contributed by atoms with Crippen LogP contribution in [0.2, 0.25) is 0 Å². The first-order valence-corrected chi connectivity index (χ1v) is 11.8. The molecule has 0 saturated carbocycles. The van der Waals surface area contributed by atoms with Gasteiger partial charge >= 0.3 is 0 Å². The third kappa shape index (κ3) is 4.75. The van der Waals surface area contributed by atoms with Gasteiger partial charge in [0, 0.05) is 26.1 Å². The van der Waals surface area contributed by atoms with E-state index in [1.807, 2.05) is 0 Å². The van der Waals surface area contributed by atoms with Crippen LogP contribution in [0.25, 0.3) is 11.0 Å². The summed E-state index contributed by atoms with van der Waals surface area (Å²) in [6.45, 7) is 1.52. The normalized spacial score (nSPS) is 15.3. The van der Waals surface area contributed by atoms with Crippen molar-refractivity contribution in [1.82, 2.24) is 19.3 Å². The van der Waals surface area contributed by atoms with Crippen LogP contribution >= 0.6 is 0 Å². The number of benzene rings is 2. The van der Waals surface area contributed by atoms with Crippen molar-refractivity contribution in [3.63, 3.8) is 0 Å². The standard InChI is InChI=1S/C21H24FN5O3S/c22-17-7-2-3-8-18(17)23-21(28)9-6-14-27-20-11-10-16(15-19(20)24-25-27)31(29,30)26-12-4-1-5-13-26/h2-3,7-8,10-11,15H,1,4-6,9,12-14H2,(H,23,28). The Balaban J connectivity index is 1.39. The lowest BCUT2D eigenvalue weighted by atomic mass is 10.2. The lowest BCUT2D eigenvalue weighted by molar-refractivity contribution is -0.116. The Morgan fingerprint density at radius 1 is 1.10 bits per heavy atom. The summed E-state index contributed by atoms with van der Waals surface area (Å²) in [6, 6.07) is 10.8. The summed E-state index contributed by atoms with van der Waals surface area (Å²) in [5, 5.41) is 10.7. The van der Waals surface area contributed by atoms with E-state index in [-0.39, 0.29) is 22.9 Å². The molecule has 1 saturated heterocycles. The van der Waals surface area contributed by atoms with Crippen LogP contribution in [-0.4, -0.2) is 46.7 Å². The summed E-state index contributed by atoms with van der Waals surface area (Å²) in [5.74, 6) is -0.766. The number of carbonyl (C=O) groups excluding carboxylic acids is 1. The first-order chi connectivity index (χ1) is 14.9. The van der Waals surface area contributed by atoms with Gasteiger partial charge in [-0.15, -0.1) is 5.10 Å². The quantitative estimate of drug-likeness (QED) is 0.603. The van der Waals surface area contributed by atoms with Crippen LogP contribution in [0.4, 0.5) is 10.1 Å². The Bertz CT molecular complexity index is 1190. The summed E-state index contributed by atoms with van der Waals surface area (Å²) < 4.78 is 42.5. The van der Waals surface area contributed by atoms with Crippen molar-refractivity contribution < 1.29 is 17.6 Å². The van der Waals surface area contributed by atoms with Gasteiger partial charge < -0.3 is 5.32 Å². The summed E-state index contributed by atoms with van der Waals surface area (Å²) in [6.07, 6.45) is 3.48. The average Bonchev–Trinajstić information content (AvgIpc) is 3.18. The molecule has 2 heterocycles. The molecule has 0 spiro atoms. The van der Waals surface area contributed by atoms with Gasteiger partial charge in [-0.25, -0.2) is 17.5 Å². The Hall–Kier alpha value is -2.85. The van der Waals surface area contributed by atoms with E-state index in [4.69, 9.17) is 0 Å². The second-order valence-electron chi connectivity index (χ2n) is 7.56. The average molecular weight is 446 g/mol. The Kier molecular flexibility index (Phi) is 6.28. The number of carbonyl (C=O) groups is 1. The molecule has 1 aliphatic heterocycles. The minimum Gasteiger partial charge on any atom is -0.324 e. The Morgan fingerprint density at radius 3 is 2.65 bits per heavy atom. The molecule has 8 nitrogen and oxygen atoms in total. The number of aromatic nitrogens is 3. The van der Waals surface area contributed by atoms with E-state index in [0.29, 0.717) is 37.1 Å². The zero-order valence-corrected chi connectivity index (χ0v) is 17.8. The van der Waals surface area contributed by atoms with E-state index in [1.165, 1.54) is 16.4 Å². The molecule has 0 radical (unpaired) electrons. The molecule has 0 unspecified atom stereocenters. The number of hydrogen-bond acceptors (Lipinski definition) is 5. The number of nitrogens with one attached hydrogen (secondary N) is 1. The summed E-state index contributed by atoms with van der Waals surface area (Å²) >= 11 is 0. The molecule has 2 aromatic carbocycles. The number of amides is 1. The highest BCUT2D eigenvalue weighted by Crippen LogP contribution is 2.23. The van der Waals surface area contributed by atoms with Crippen LogP contribution < -0.4 is 5.32 Å². The maximum Gasteiger partial charge on any atom is 0.243 e. The third-order valence-corrected chi connectivity index (χ3v) is 7.25. The maximum absolute atomic E-state index is 13.6. The van der Waals surface area contributed by atoms with E-state index in [2.05, 4.69) is 15.6 Å². The van der Waals surface area contributed by atoms with Crippen LogP contribution in [0.5, 0.6) is 0 Å². The molecule has 1 amide bonds. The van der Waals surface area contributed by atoms with Crippen LogP contribution in [0.3, 0.4) is 0 Å². The van der Waals surface area contributed by atoms with Crippen molar-refractivity contribution in [3.8, 4) is 0 Å². The third-order valence-electron chi connectivity index (χ3n) is 5.36. The molecule has 1 aromatic heterocycles. The van der Waals surface area contributed by atoms with Gasteiger partial charge in [0.2, 0.25) is 15.9 Å². The zero-order valence-electron chi connectivity index (χ0n) is 17.0. The fraction of sp³-hybridized carbons (Fsp3) is 0.381. The molecule has 1 aliphatic rings. The predicted molar refractivity (Wildman–Crippen MR) is 114 cm³/mol. The van der Waals surface area contributed by atoms with Gasteiger partial charge in [0.05, 0.1) is 16.1 Å². The molecular formula is C21H24FN5O3S. The molecule has 31 heavy (non-hydrogen) atoms. The monoisotopic (exact) mass is 445 g/mol. The molecule has 10 heteroatoms. The van der Waals surface area contributed by atoms with Crippen molar-refractivity contribution >= 4 is 32.7 Å². The van der Waals surface area contributed by atoms with Crippen LogP contribution in [0.15, 0.2) is 47.4 Å². The summed E-state index contributed by atoms with van der Waals surface area (Å²) in [5.41, 5.74) is 1.35. The zero-order chi connectivity index (χ0) is 21.8. The number of para-hydroxylation sites is 1. The lowest BCUT2D eigenvalue weighted by Crippen LogP contribution is -2.35. The Morgan fingerprint density at radius 2 is 1.87 bits per heavy atom. The molecule has 0 aliphatic carbocycles. The fourth-order valence-electron chi connectivity index (χ4n) is 3.70. The number of halogens is 1. The minimum absolute atomic E-state index is 0.154. The second kappa shape index (κ2) is 9.11. The molecule has 1 fully saturated rings. The van der Waals surface area contributed by atoms with Crippen molar-refractivity contribution in [2.24, 2.45) is 0 Å². The molecule has 0 bridgehead atoms. The number of hydrogen-bond donors (Lipinski definition) is 1. The number of nitrogens with zero attached hydrogens (tertiary/aromatic N) is 4. The van der Waals surface area contributed by atoms with Gasteiger partial charge in [0.25, 0.3) is 0 Å². The SMILES string of the molecule is O=C(CCCn1nnc2cc(S(=O)(=O)N3CCCCC3)ccc21)Nc1ccccc1F. The molecule has 0 atom stereocenters. The number of sulfonamides is 1. The van der Waals surface area contributed by atoms with Gasteiger partial charge in [-0.1, -0.05) is 23.8 Å². The van der Waals surface area contributed by atoms with Gasteiger partial charge in [-0.3, -0.25) is 4.79 Å². The van der Waals surface area contributed by atoms with Gasteiger partial charge in [0.15, 0.2) is 0 Å².